The Bertz CT molecular complexity index is 653. The van der Waals surface area contributed by atoms with Crippen LogP contribution in [0, 0.1) is 0 Å². The number of amides is 1. The summed E-state index contributed by atoms with van der Waals surface area (Å²) in [5.74, 6) is -0.371. The molecule has 1 aromatic heterocycles. The van der Waals surface area contributed by atoms with Gasteiger partial charge in [0, 0.05) is 11.6 Å². The van der Waals surface area contributed by atoms with Crippen LogP contribution in [-0.2, 0) is 4.74 Å². The number of carbonyl (C=O) groups is 2. The fourth-order valence-electron chi connectivity index (χ4n) is 1.68. The highest BCUT2D eigenvalue weighted by Crippen LogP contribution is 2.13. The van der Waals surface area contributed by atoms with E-state index in [1.807, 2.05) is 0 Å². The van der Waals surface area contributed by atoms with Gasteiger partial charge < -0.3 is 14.8 Å². The Balaban J connectivity index is 2.14. The molecule has 1 amide bonds. The van der Waals surface area contributed by atoms with Gasteiger partial charge >= 0.3 is 5.97 Å². The number of nitrogens with one attached hydrogen (secondary N) is 1. The number of methoxy groups -OCH3 is 2. The maximum atomic E-state index is 12.1. The molecule has 1 aromatic carbocycles. The Kier molecular flexibility index (Phi) is 4.50. The highest BCUT2D eigenvalue weighted by molar-refractivity contribution is 6.05. The zero-order chi connectivity index (χ0) is 15.2. The van der Waals surface area contributed by atoms with Gasteiger partial charge in [0.25, 0.3) is 5.91 Å². The Labute approximate surface area is 121 Å². The highest BCUT2D eigenvalue weighted by Gasteiger charge is 2.11. The Morgan fingerprint density at radius 2 is 1.86 bits per heavy atom. The van der Waals surface area contributed by atoms with Crippen LogP contribution in [0.2, 0.25) is 0 Å². The third-order valence-corrected chi connectivity index (χ3v) is 2.75. The minimum atomic E-state index is -0.490. The number of ether oxygens (including phenoxy) is 2. The van der Waals surface area contributed by atoms with E-state index in [9.17, 15) is 9.59 Å². The lowest BCUT2D eigenvalue weighted by Gasteiger charge is -2.06. The van der Waals surface area contributed by atoms with Crippen LogP contribution in [0.3, 0.4) is 0 Å². The lowest BCUT2D eigenvalue weighted by molar-refractivity contribution is 0.0600. The summed E-state index contributed by atoms with van der Waals surface area (Å²) in [6.07, 6.45) is 1.49. The molecule has 21 heavy (non-hydrogen) atoms. The van der Waals surface area contributed by atoms with Crippen LogP contribution in [0.15, 0.2) is 42.6 Å². The normalized spacial score (nSPS) is 9.81. The smallest absolute Gasteiger partial charge is 0.337 e. The molecule has 0 saturated heterocycles. The quantitative estimate of drug-likeness (QED) is 0.871. The molecule has 0 unspecified atom stereocenters. The number of rotatable bonds is 4. The topological polar surface area (TPSA) is 77.5 Å². The maximum Gasteiger partial charge on any atom is 0.337 e. The second kappa shape index (κ2) is 6.51. The summed E-state index contributed by atoms with van der Waals surface area (Å²) in [5.41, 5.74) is 1.20. The molecule has 0 aliphatic rings. The van der Waals surface area contributed by atoms with Gasteiger partial charge in [-0.25, -0.2) is 9.78 Å². The standard InChI is InChI=1S/C15H14N2O4/c1-20-13-7-6-12(9-16-13)17-14(18)10-4-3-5-11(8-10)15(19)21-2/h3-9H,1-2H3,(H,17,18). The third-order valence-electron chi connectivity index (χ3n) is 2.75. The second-order valence-corrected chi connectivity index (χ2v) is 4.12. The van der Waals surface area contributed by atoms with Crippen molar-refractivity contribution >= 4 is 17.6 Å². The average molecular weight is 286 g/mol. The van der Waals surface area contributed by atoms with Crippen molar-refractivity contribution in [1.29, 1.82) is 0 Å². The van der Waals surface area contributed by atoms with Gasteiger partial charge in [-0.1, -0.05) is 6.07 Å². The number of hydrogen-bond acceptors (Lipinski definition) is 5. The van der Waals surface area contributed by atoms with Gasteiger partial charge in [-0.3, -0.25) is 4.79 Å². The predicted molar refractivity (Wildman–Crippen MR) is 76.5 cm³/mol. The van der Waals surface area contributed by atoms with Crippen LogP contribution in [0.4, 0.5) is 5.69 Å². The molecular formula is C15H14N2O4. The summed E-state index contributed by atoms with van der Waals surface area (Å²) in [5, 5.41) is 2.68. The molecule has 0 spiro atoms. The molecule has 6 nitrogen and oxygen atoms in total. The zero-order valence-corrected chi connectivity index (χ0v) is 11.6. The molecule has 6 heteroatoms. The molecule has 2 rings (SSSR count). The van der Waals surface area contributed by atoms with Gasteiger partial charge in [0.2, 0.25) is 5.88 Å². The fourth-order valence-corrected chi connectivity index (χ4v) is 1.68. The highest BCUT2D eigenvalue weighted by atomic mass is 16.5. The van der Waals surface area contributed by atoms with E-state index in [1.54, 1.807) is 30.3 Å². The number of nitrogens with zero attached hydrogens (tertiary/aromatic N) is 1. The Morgan fingerprint density at radius 3 is 2.48 bits per heavy atom. The predicted octanol–water partition coefficient (Wildman–Crippen LogP) is 2.13. The fraction of sp³-hybridized carbons (Fsp3) is 0.133. The summed E-state index contributed by atoms with van der Waals surface area (Å²) in [6.45, 7) is 0. The molecule has 1 heterocycles. The van der Waals surface area contributed by atoms with Gasteiger partial charge in [-0.2, -0.15) is 0 Å². The number of anilines is 1. The van der Waals surface area contributed by atoms with E-state index in [-0.39, 0.29) is 5.91 Å². The van der Waals surface area contributed by atoms with Gasteiger partial charge in [0.1, 0.15) is 0 Å². The maximum absolute atomic E-state index is 12.1. The average Bonchev–Trinajstić information content (AvgIpc) is 2.55. The molecular weight excluding hydrogens is 272 g/mol. The number of hydrogen-bond donors (Lipinski definition) is 1. The number of benzene rings is 1. The van der Waals surface area contributed by atoms with Crippen molar-refractivity contribution in [3.8, 4) is 5.88 Å². The summed E-state index contributed by atoms with van der Waals surface area (Å²) < 4.78 is 9.56. The molecule has 0 bridgehead atoms. The molecule has 0 aliphatic carbocycles. The van der Waals surface area contributed by atoms with E-state index in [2.05, 4.69) is 15.0 Å². The van der Waals surface area contributed by atoms with Crippen LogP contribution in [0.5, 0.6) is 5.88 Å². The minimum Gasteiger partial charge on any atom is -0.481 e. The summed E-state index contributed by atoms with van der Waals surface area (Å²) in [4.78, 5) is 27.5. The molecule has 0 atom stereocenters. The molecule has 0 fully saturated rings. The largest absolute Gasteiger partial charge is 0.481 e. The van der Waals surface area contributed by atoms with Crippen LogP contribution < -0.4 is 10.1 Å². The first kappa shape index (κ1) is 14.5. The number of aromatic nitrogens is 1. The van der Waals surface area contributed by atoms with Crippen molar-refractivity contribution in [1.82, 2.24) is 4.98 Å². The zero-order valence-electron chi connectivity index (χ0n) is 11.6. The summed E-state index contributed by atoms with van der Waals surface area (Å²) >= 11 is 0. The number of carbonyl (C=O) groups excluding carboxylic acids is 2. The van der Waals surface area contributed by atoms with Crippen molar-refractivity contribution < 1.29 is 19.1 Å². The summed E-state index contributed by atoms with van der Waals surface area (Å²) in [6, 6.07) is 9.59. The van der Waals surface area contributed by atoms with E-state index < -0.39 is 5.97 Å². The third kappa shape index (κ3) is 3.56. The molecule has 108 valence electrons. The van der Waals surface area contributed by atoms with Crippen LogP contribution >= 0.6 is 0 Å². The number of esters is 1. The number of pyridine rings is 1. The SMILES string of the molecule is COC(=O)c1cccc(C(=O)Nc2ccc(OC)nc2)c1. The molecule has 0 saturated carbocycles. The van der Waals surface area contributed by atoms with Crippen molar-refractivity contribution in [3.63, 3.8) is 0 Å². The van der Waals surface area contributed by atoms with Crippen molar-refractivity contribution in [3.05, 3.63) is 53.7 Å². The van der Waals surface area contributed by atoms with Crippen molar-refractivity contribution in [2.24, 2.45) is 0 Å². The molecule has 1 N–H and O–H groups in total. The minimum absolute atomic E-state index is 0.318. The van der Waals surface area contributed by atoms with Crippen molar-refractivity contribution in [2.45, 2.75) is 0 Å². The first-order chi connectivity index (χ1) is 10.1. The van der Waals surface area contributed by atoms with E-state index in [0.717, 1.165) is 0 Å². The first-order valence-electron chi connectivity index (χ1n) is 6.14. The lowest BCUT2D eigenvalue weighted by atomic mass is 10.1. The van der Waals surface area contributed by atoms with Crippen LogP contribution in [0.25, 0.3) is 0 Å². The molecule has 0 aliphatic heterocycles. The first-order valence-corrected chi connectivity index (χ1v) is 6.14. The Morgan fingerprint density at radius 1 is 1.10 bits per heavy atom. The van der Waals surface area contributed by atoms with E-state index in [4.69, 9.17) is 4.74 Å². The Hall–Kier alpha value is -2.89. The van der Waals surface area contributed by atoms with Crippen LogP contribution in [-0.4, -0.2) is 31.1 Å². The monoisotopic (exact) mass is 286 g/mol. The van der Waals surface area contributed by atoms with Crippen LogP contribution in [0.1, 0.15) is 20.7 Å². The van der Waals surface area contributed by atoms with E-state index in [0.29, 0.717) is 22.7 Å². The van der Waals surface area contributed by atoms with Gasteiger partial charge in [-0.05, 0) is 24.3 Å². The van der Waals surface area contributed by atoms with E-state index in [1.165, 1.54) is 26.5 Å². The molecule has 0 radical (unpaired) electrons. The van der Waals surface area contributed by atoms with Gasteiger partial charge in [0.15, 0.2) is 0 Å². The molecule has 2 aromatic rings. The van der Waals surface area contributed by atoms with Crippen molar-refractivity contribution in [2.75, 3.05) is 19.5 Å². The lowest BCUT2D eigenvalue weighted by Crippen LogP contribution is -2.13. The van der Waals surface area contributed by atoms with E-state index >= 15 is 0 Å². The van der Waals surface area contributed by atoms with Gasteiger partial charge in [-0.15, -0.1) is 0 Å². The van der Waals surface area contributed by atoms with Gasteiger partial charge in [0.05, 0.1) is 31.7 Å². The summed E-state index contributed by atoms with van der Waals surface area (Å²) in [7, 11) is 2.80. The second-order valence-electron chi connectivity index (χ2n) is 4.12.